The van der Waals surface area contributed by atoms with E-state index in [2.05, 4.69) is 17.4 Å². The second-order valence-corrected chi connectivity index (χ2v) is 6.20. The molecule has 2 N–H and O–H groups in total. The summed E-state index contributed by atoms with van der Waals surface area (Å²) in [5.41, 5.74) is 2.10. The average molecular weight is 289 g/mol. The highest BCUT2D eigenvalue weighted by atomic mass is 16.2. The second kappa shape index (κ2) is 8.18. The van der Waals surface area contributed by atoms with E-state index in [0.29, 0.717) is 5.92 Å². The summed E-state index contributed by atoms with van der Waals surface area (Å²) in [4.78, 5) is 12.1. The van der Waals surface area contributed by atoms with Gasteiger partial charge in [0.2, 0.25) is 0 Å². The molecule has 1 saturated carbocycles. The van der Waals surface area contributed by atoms with Crippen molar-refractivity contribution >= 4 is 5.91 Å². The molecule has 0 aliphatic heterocycles. The molecule has 1 aliphatic rings. The molecule has 2 rings (SSSR count). The van der Waals surface area contributed by atoms with Crippen LogP contribution in [0.5, 0.6) is 0 Å². The third-order valence-electron chi connectivity index (χ3n) is 4.42. The normalized spacial score (nSPS) is 17.4. The first-order valence-corrected chi connectivity index (χ1v) is 8.22. The van der Waals surface area contributed by atoms with E-state index in [0.717, 1.165) is 18.4 Å². The molecule has 1 fully saturated rings. The summed E-state index contributed by atoms with van der Waals surface area (Å²) in [6, 6.07) is 8.21. The van der Waals surface area contributed by atoms with E-state index in [-0.39, 0.29) is 18.6 Å². The Morgan fingerprint density at radius 2 is 1.90 bits per heavy atom. The number of hydrogen-bond acceptors (Lipinski definition) is 2. The molecule has 1 unspecified atom stereocenters. The van der Waals surface area contributed by atoms with Gasteiger partial charge in [-0.2, -0.15) is 0 Å². The van der Waals surface area contributed by atoms with Crippen molar-refractivity contribution in [2.75, 3.05) is 6.61 Å². The minimum Gasteiger partial charge on any atom is -0.396 e. The van der Waals surface area contributed by atoms with Crippen molar-refractivity contribution in [2.24, 2.45) is 0 Å². The van der Waals surface area contributed by atoms with E-state index in [9.17, 15) is 4.79 Å². The van der Waals surface area contributed by atoms with Gasteiger partial charge in [-0.05, 0) is 56.2 Å². The number of benzene rings is 1. The minimum atomic E-state index is -0.0179. The molecule has 21 heavy (non-hydrogen) atoms. The van der Waals surface area contributed by atoms with Crippen molar-refractivity contribution < 1.29 is 9.90 Å². The quantitative estimate of drug-likeness (QED) is 0.840. The van der Waals surface area contributed by atoms with Crippen LogP contribution in [0.4, 0.5) is 0 Å². The van der Waals surface area contributed by atoms with Gasteiger partial charge in [-0.3, -0.25) is 4.79 Å². The zero-order valence-electron chi connectivity index (χ0n) is 13.0. The van der Waals surface area contributed by atoms with E-state index in [4.69, 9.17) is 5.11 Å². The highest BCUT2D eigenvalue weighted by Crippen LogP contribution is 2.32. The molecule has 1 aromatic carbocycles. The summed E-state index contributed by atoms with van der Waals surface area (Å²) in [6.45, 7) is 2.15. The van der Waals surface area contributed by atoms with Gasteiger partial charge >= 0.3 is 0 Å². The summed E-state index contributed by atoms with van der Waals surface area (Å²) in [5, 5.41) is 11.8. The molecular weight excluding hydrogens is 262 g/mol. The van der Waals surface area contributed by atoms with Crippen molar-refractivity contribution in [1.29, 1.82) is 0 Å². The fourth-order valence-corrected chi connectivity index (χ4v) is 3.12. The van der Waals surface area contributed by atoms with E-state index in [1.807, 2.05) is 19.1 Å². The summed E-state index contributed by atoms with van der Waals surface area (Å²) >= 11 is 0. The molecule has 0 aromatic heterocycles. The first-order valence-electron chi connectivity index (χ1n) is 8.22. The number of rotatable bonds is 6. The van der Waals surface area contributed by atoms with E-state index < -0.39 is 0 Å². The number of carbonyl (C=O) groups is 1. The van der Waals surface area contributed by atoms with Crippen molar-refractivity contribution in [3.63, 3.8) is 0 Å². The predicted octanol–water partition coefficient (Wildman–Crippen LogP) is 3.63. The average Bonchev–Trinajstić information content (AvgIpc) is 2.54. The van der Waals surface area contributed by atoms with Gasteiger partial charge in [0.25, 0.3) is 5.91 Å². The van der Waals surface area contributed by atoms with Crippen molar-refractivity contribution in [3.8, 4) is 0 Å². The number of aliphatic hydroxyl groups excluding tert-OH is 1. The molecule has 1 aromatic rings. The standard InChI is InChI=1S/C18H27NO2/c1-14(6-5-13-20)19-18(21)17-11-9-16(10-12-17)15-7-3-2-4-8-15/h9-12,14-15,20H,2-8,13H2,1H3,(H,19,21). The number of nitrogens with one attached hydrogen (secondary N) is 1. The molecule has 1 aliphatic carbocycles. The number of carbonyl (C=O) groups excluding carboxylic acids is 1. The van der Waals surface area contributed by atoms with E-state index in [1.54, 1.807) is 0 Å². The third kappa shape index (κ3) is 4.85. The van der Waals surface area contributed by atoms with Gasteiger partial charge in [0.15, 0.2) is 0 Å². The van der Waals surface area contributed by atoms with Gasteiger partial charge in [0, 0.05) is 18.2 Å². The molecule has 1 atom stereocenters. The number of amides is 1. The maximum atomic E-state index is 12.1. The predicted molar refractivity (Wildman–Crippen MR) is 85.5 cm³/mol. The fraction of sp³-hybridized carbons (Fsp3) is 0.611. The summed E-state index contributed by atoms with van der Waals surface area (Å²) in [6.07, 6.45) is 8.12. The number of aliphatic hydroxyl groups is 1. The lowest BCUT2D eigenvalue weighted by molar-refractivity contribution is 0.0936. The van der Waals surface area contributed by atoms with Crippen LogP contribution in [0.1, 0.15) is 73.7 Å². The van der Waals surface area contributed by atoms with Gasteiger partial charge < -0.3 is 10.4 Å². The zero-order chi connectivity index (χ0) is 15.1. The molecule has 0 radical (unpaired) electrons. The van der Waals surface area contributed by atoms with Crippen molar-refractivity contribution in [1.82, 2.24) is 5.32 Å². The van der Waals surface area contributed by atoms with Crippen LogP contribution < -0.4 is 5.32 Å². The SMILES string of the molecule is CC(CCCO)NC(=O)c1ccc(C2CCCCC2)cc1. The fourth-order valence-electron chi connectivity index (χ4n) is 3.12. The second-order valence-electron chi connectivity index (χ2n) is 6.20. The van der Waals surface area contributed by atoms with Crippen LogP contribution in [0.25, 0.3) is 0 Å². The van der Waals surface area contributed by atoms with Crippen molar-refractivity contribution in [3.05, 3.63) is 35.4 Å². The summed E-state index contributed by atoms with van der Waals surface area (Å²) in [7, 11) is 0. The lowest BCUT2D eigenvalue weighted by Crippen LogP contribution is -2.32. The van der Waals surface area contributed by atoms with Crippen molar-refractivity contribution in [2.45, 2.75) is 63.8 Å². The van der Waals surface area contributed by atoms with Crippen LogP contribution in [-0.2, 0) is 0 Å². The van der Waals surface area contributed by atoms with E-state index >= 15 is 0 Å². The van der Waals surface area contributed by atoms with Gasteiger partial charge in [0.05, 0.1) is 0 Å². The van der Waals surface area contributed by atoms with E-state index in [1.165, 1.54) is 37.7 Å². The lowest BCUT2D eigenvalue weighted by atomic mass is 9.84. The summed E-state index contributed by atoms with van der Waals surface area (Å²) < 4.78 is 0. The first-order chi connectivity index (χ1) is 10.2. The van der Waals surface area contributed by atoms with Crippen LogP contribution >= 0.6 is 0 Å². The topological polar surface area (TPSA) is 49.3 Å². The van der Waals surface area contributed by atoms with Gasteiger partial charge in [-0.1, -0.05) is 31.4 Å². The molecule has 116 valence electrons. The maximum Gasteiger partial charge on any atom is 0.251 e. The molecule has 1 amide bonds. The van der Waals surface area contributed by atoms with Crippen LogP contribution in [-0.4, -0.2) is 23.7 Å². The van der Waals surface area contributed by atoms with Gasteiger partial charge in [-0.25, -0.2) is 0 Å². The van der Waals surface area contributed by atoms with Crippen LogP contribution in [0.3, 0.4) is 0 Å². The minimum absolute atomic E-state index is 0.0179. The Balaban J connectivity index is 1.90. The highest BCUT2D eigenvalue weighted by Gasteiger charge is 2.16. The molecular formula is C18H27NO2. The largest absolute Gasteiger partial charge is 0.396 e. The summed E-state index contributed by atoms with van der Waals surface area (Å²) in [5.74, 6) is 0.662. The Kier molecular flexibility index (Phi) is 6.24. The Morgan fingerprint density at radius 3 is 2.52 bits per heavy atom. The van der Waals surface area contributed by atoms with Crippen LogP contribution in [0, 0.1) is 0 Å². The molecule has 0 heterocycles. The molecule has 3 nitrogen and oxygen atoms in total. The maximum absolute atomic E-state index is 12.1. The molecule has 0 bridgehead atoms. The number of hydrogen-bond donors (Lipinski definition) is 2. The van der Waals surface area contributed by atoms with Gasteiger partial charge in [0.1, 0.15) is 0 Å². The monoisotopic (exact) mass is 289 g/mol. The third-order valence-corrected chi connectivity index (χ3v) is 4.42. The Morgan fingerprint density at radius 1 is 1.24 bits per heavy atom. The molecule has 0 saturated heterocycles. The van der Waals surface area contributed by atoms with Crippen LogP contribution in [0.2, 0.25) is 0 Å². The van der Waals surface area contributed by atoms with Gasteiger partial charge in [-0.15, -0.1) is 0 Å². The molecule has 3 heteroatoms. The van der Waals surface area contributed by atoms with Crippen LogP contribution in [0.15, 0.2) is 24.3 Å². The Bertz CT molecular complexity index is 435. The Hall–Kier alpha value is -1.35. The first kappa shape index (κ1) is 16.0. The zero-order valence-corrected chi connectivity index (χ0v) is 13.0. The lowest BCUT2D eigenvalue weighted by Gasteiger charge is -2.22. The Labute approximate surface area is 127 Å². The molecule has 0 spiro atoms. The highest BCUT2D eigenvalue weighted by molar-refractivity contribution is 5.94. The smallest absolute Gasteiger partial charge is 0.251 e.